The van der Waals surface area contributed by atoms with Crippen LogP contribution in [0.15, 0.2) is 42.5 Å². The molecule has 0 aliphatic heterocycles. The van der Waals surface area contributed by atoms with Crippen LogP contribution in [-0.2, 0) is 14.8 Å². The van der Waals surface area contributed by atoms with Gasteiger partial charge in [0, 0.05) is 5.02 Å². The van der Waals surface area contributed by atoms with Crippen LogP contribution in [0, 0.1) is 0 Å². The second-order valence-electron chi connectivity index (χ2n) is 6.48. The zero-order valence-electron chi connectivity index (χ0n) is 15.9. The van der Waals surface area contributed by atoms with Gasteiger partial charge in [0.05, 0.1) is 28.8 Å². The fraction of sp³-hybridized carbons (Fsp3) is 0.316. The summed E-state index contributed by atoms with van der Waals surface area (Å²) >= 11 is 12.2. The molecule has 0 aromatic heterocycles. The molecule has 1 N–H and O–H groups in total. The third kappa shape index (κ3) is 5.53. The van der Waals surface area contributed by atoms with Gasteiger partial charge in [0.2, 0.25) is 15.9 Å². The molecule has 0 saturated heterocycles. The van der Waals surface area contributed by atoms with Crippen molar-refractivity contribution in [1.29, 1.82) is 0 Å². The summed E-state index contributed by atoms with van der Waals surface area (Å²) in [5.74, 6) is -0.0500. The molecule has 0 heterocycles. The summed E-state index contributed by atoms with van der Waals surface area (Å²) in [7, 11) is -3.82. The number of carbonyl (C=O) groups excluding carboxylic acids is 1. The van der Waals surface area contributed by atoms with Crippen molar-refractivity contribution >= 4 is 50.5 Å². The van der Waals surface area contributed by atoms with Gasteiger partial charge >= 0.3 is 0 Å². The van der Waals surface area contributed by atoms with Crippen LogP contribution in [0.1, 0.15) is 20.8 Å². The van der Waals surface area contributed by atoms with Gasteiger partial charge in [0.1, 0.15) is 11.8 Å². The molecule has 9 heteroatoms. The van der Waals surface area contributed by atoms with E-state index in [2.05, 4.69) is 5.32 Å². The van der Waals surface area contributed by atoms with Crippen molar-refractivity contribution in [3.8, 4) is 5.75 Å². The van der Waals surface area contributed by atoms with Gasteiger partial charge in [0.25, 0.3) is 0 Å². The Hall–Kier alpha value is -1.96. The summed E-state index contributed by atoms with van der Waals surface area (Å²) in [6, 6.07) is 10.3. The van der Waals surface area contributed by atoms with Gasteiger partial charge in [-0.15, -0.1) is 0 Å². The number of hydrogen-bond acceptors (Lipinski definition) is 4. The number of rotatable bonds is 7. The lowest BCUT2D eigenvalue weighted by atomic mass is 10.2. The van der Waals surface area contributed by atoms with E-state index in [9.17, 15) is 13.2 Å². The van der Waals surface area contributed by atoms with Crippen molar-refractivity contribution < 1.29 is 17.9 Å². The quantitative estimate of drug-likeness (QED) is 0.677. The first-order valence-corrected chi connectivity index (χ1v) is 11.1. The standard InChI is InChI=1S/C19H22Cl2N2O4S/c1-12(2)27-18-8-6-5-7-16(18)22-19(24)13(3)23(28(4,25)26)17-11-14(20)9-10-15(17)21/h5-13H,1-4H3,(H,22,24). The molecular formula is C19H22Cl2N2O4S. The van der Waals surface area contributed by atoms with Crippen molar-refractivity contribution in [3.05, 3.63) is 52.5 Å². The lowest BCUT2D eigenvalue weighted by molar-refractivity contribution is -0.116. The lowest BCUT2D eigenvalue weighted by Gasteiger charge is -2.29. The van der Waals surface area contributed by atoms with Gasteiger partial charge in [0.15, 0.2) is 0 Å². The summed E-state index contributed by atoms with van der Waals surface area (Å²) < 4.78 is 31.5. The number of nitrogens with zero attached hydrogens (tertiary/aromatic N) is 1. The number of anilines is 2. The summed E-state index contributed by atoms with van der Waals surface area (Å²) in [6.07, 6.45) is 0.914. The Labute approximate surface area is 175 Å². The Morgan fingerprint density at radius 1 is 1.11 bits per heavy atom. The minimum atomic E-state index is -3.82. The molecule has 2 aromatic carbocycles. The van der Waals surface area contributed by atoms with E-state index >= 15 is 0 Å². The number of nitrogens with one attached hydrogen (secondary N) is 1. The van der Waals surface area contributed by atoms with Crippen LogP contribution in [0.25, 0.3) is 0 Å². The number of amides is 1. The smallest absolute Gasteiger partial charge is 0.248 e. The lowest BCUT2D eigenvalue weighted by Crippen LogP contribution is -2.45. The molecule has 0 aliphatic carbocycles. The summed E-state index contributed by atoms with van der Waals surface area (Å²) in [5.41, 5.74) is 0.574. The van der Waals surface area contributed by atoms with Crippen LogP contribution in [0.4, 0.5) is 11.4 Å². The van der Waals surface area contributed by atoms with Gasteiger partial charge < -0.3 is 10.1 Å². The van der Waals surface area contributed by atoms with Crippen LogP contribution in [-0.4, -0.2) is 32.7 Å². The van der Waals surface area contributed by atoms with Crippen LogP contribution in [0.2, 0.25) is 10.0 Å². The molecule has 1 atom stereocenters. The zero-order valence-corrected chi connectivity index (χ0v) is 18.3. The number of halogens is 2. The Kier molecular flexibility index (Phi) is 7.20. The van der Waals surface area contributed by atoms with Crippen LogP contribution >= 0.6 is 23.2 Å². The third-order valence-electron chi connectivity index (χ3n) is 3.74. The highest BCUT2D eigenvalue weighted by Gasteiger charge is 2.31. The van der Waals surface area contributed by atoms with Crippen LogP contribution < -0.4 is 14.4 Å². The summed E-state index contributed by atoms with van der Waals surface area (Å²) in [4.78, 5) is 12.9. The van der Waals surface area contributed by atoms with Crippen molar-refractivity contribution in [2.45, 2.75) is 32.9 Å². The van der Waals surface area contributed by atoms with Gasteiger partial charge in [-0.1, -0.05) is 35.3 Å². The van der Waals surface area contributed by atoms with Gasteiger partial charge in [-0.3, -0.25) is 9.10 Å². The maximum atomic E-state index is 12.9. The van der Waals surface area contributed by atoms with E-state index in [4.69, 9.17) is 27.9 Å². The van der Waals surface area contributed by atoms with E-state index in [0.717, 1.165) is 10.6 Å². The Bertz CT molecular complexity index is 964. The Morgan fingerprint density at radius 3 is 2.36 bits per heavy atom. The second kappa shape index (κ2) is 9.03. The predicted molar refractivity (Wildman–Crippen MR) is 114 cm³/mol. The predicted octanol–water partition coefficient (Wildman–Crippen LogP) is 4.57. The van der Waals surface area contributed by atoms with Gasteiger partial charge in [-0.05, 0) is 51.1 Å². The zero-order chi connectivity index (χ0) is 21.1. The van der Waals surface area contributed by atoms with E-state index in [-0.39, 0.29) is 16.8 Å². The number of hydrogen-bond donors (Lipinski definition) is 1. The fourth-order valence-corrected chi connectivity index (χ4v) is 4.20. The first-order chi connectivity index (χ1) is 13.0. The summed E-state index contributed by atoms with van der Waals surface area (Å²) in [6.45, 7) is 5.21. The Balaban J connectivity index is 2.37. The minimum Gasteiger partial charge on any atom is -0.489 e. The van der Waals surface area contributed by atoms with Gasteiger partial charge in [-0.25, -0.2) is 8.42 Å². The molecular weight excluding hydrogens is 423 g/mol. The number of carbonyl (C=O) groups is 1. The molecule has 0 saturated carbocycles. The average molecular weight is 445 g/mol. The molecule has 152 valence electrons. The van der Waals surface area contributed by atoms with Crippen molar-refractivity contribution in [2.75, 3.05) is 15.9 Å². The first-order valence-electron chi connectivity index (χ1n) is 8.51. The largest absolute Gasteiger partial charge is 0.489 e. The average Bonchev–Trinajstić information content (AvgIpc) is 2.58. The van der Waals surface area contributed by atoms with E-state index in [1.165, 1.54) is 25.1 Å². The highest BCUT2D eigenvalue weighted by Crippen LogP contribution is 2.33. The molecule has 2 aromatic rings. The number of benzene rings is 2. The van der Waals surface area contributed by atoms with E-state index in [1.807, 2.05) is 13.8 Å². The fourth-order valence-electron chi connectivity index (χ4n) is 2.60. The molecule has 28 heavy (non-hydrogen) atoms. The molecule has 0 bridgehead atoms. The van der Waals surface area contributed by atoms with Crippen LogP contribution in [0.5, 0.6) is 5.75 Å². The summed E-state index contributed by atoms with van der Waals surface area (Å²) in [5, 5.41) is 3.19. The molecule has 0 aliphatic rings. The van der Waals surface area contributed by atoms with Gasteiger partial charge in [-0.2, -0.15) is 0 Å². The molecule has 1 amide bonds. The highest BCUT2D eigenvalue weighted by molar-refractivity contribution is 7.92. The van der Waals surface area contributed by atoms with Crippen molar-refractivity contribution in [2.24, 2.45) is 0 Å². The van der Waals surface area contributed by atoms with Crippen molar-refractivity contribution in [1.82, 2.24) is 0 Å². The first kappa shape index (κ1) is 22.3. The number of sulfonamides is 1. The maximum Gasteiger partial charge on any atom is 0.248 e. The van der Waals surface area contributed by atoms with E-state index in [1.54, 1.807) is 24.3 Å². The molecule has 0 spiro atoms. The minimum absolute atomic E-state index is 0.0896. The van der Waals surface area contributed by atoms with Crippen LogP contribution in [0.3, 0.4) is 0 Å². The Morgan fingerprint density at radius 2 is 1.75 bits per heavy atom. The number of para-hydroxylation sites is 2. The molecule has 6 nitrogen and oxygen atoms in total. The third-order valence-corrected chi connectivity index (χ3v) is 5.52. The van der Waals surface area contributed by atoms with E-state index in [0.29, 0.717) is 16.5 Å². The molecule has 0 radical (unpaired) electrons. The molecule has 2 rings (SSSR count). The van der Waals surface area contributed by atoms with E-state index < -0.39 is 22.0 Å². The molecule has 1 unspecified atom stereocenters. The number of ether oxygens (including phenoxy) is 1. The highest BCUT2D eigenvalue weighted by atomic mass is 35.5. The second-order valence-corrected chi connectivity index (χ2v) is 9.19. The topological polar surface area (TPSA) is 75.7 Å². The normalized spacial score (nSPS) is 12.5. The maximum absolute atomic E-state index is 12.9. The van der Waals surface area contributed by atoms with Crippen molar-refractivity contribution in [3.63, 3.8) is 0 Å². The SMILES string of the molecule is CC(C)Oc1ccccc1NC(=O)C(C)N(c1cc(Cl)ccc1Cl)S(C)(=O)=O. The monoisotopic (exact) mass is 444 g/mol. The molecule has 0 fully saturated rings.